The largest absolute Gasteiger partial charge is 0.225 e. The summed E-state index contributed by atoms with van der Waals surface area (Å²) in [6, 6.07) is 0. The molecule has 2 aliphatic rings. The van der Waals surface area contributed by atoms with Gasteiger partial charge >= 0.3 is 0 Å². The lowest BCUT2D eigenvalue weighted by molar-refractivity contribution is 0.604. The molecule has 0 spiro atoms. The molecule has 138 valence electrons. The number of hydrogen-bond donors (Lipinski definition) is 0. The molecule has 2 aliphatic carbocycles. The average molecular weight is 352 g/mol. The molecular formula is C20H28N6. The van der Waals surface area contributed by atoms with Crippen LogP contribution in [0.2, 0.25) is 0 Å². The van der Waals surface area contributed by atoms with Crippen molar-refractivity contribution in [3.05, 3.63) is 34.9 Å². The van der Waals surface area contributed by atoms with E-state index in [1.54, 1.807) is 0 Å². The molecule has 0 bridgehead atoms. The smallest absolute Gasteiger partial charge is 0.0863 e. The Morgan fingerprint density at radius 2 is 0.962 bits per heavy atom. The van der Waals surface area contributed by atoms with E-state index in [1.165, 1.54) is 74.1 Å². The maximum atomic E-state index is 4.37. The fourth-order valence-corrected chi connectivity index (χ4v) is 3.98. The van der Waals surface area contributed by atoms with Gasteiger partial charge in [-0.2, -0.15) is 0 Å². The molecule has 0 saturated heterocycles. The topological polar surface area (TPSA) is 61.4 Å². The molecule has 6 nitrogen and oxygen atoms in total. The third kappa shape index (κ3) is 3.94. The highest BCUT2D eigenvalue weighted by Crippen LogP contribution is 2.19. The van der Waals surface area contributed by atoms with Crippen molar-refractivity contribution in [2.45, 2.75) is 77.0 Å². The number of fused-ring (bicyclic) bond motifs is 2. The second kappa shape index (κ2) is 8.43. The first kappa shape index (κ1) is 17.2. The number of allylic oxidation sites excluding steroid dienone is 2. The van der Waals surface area contributed by atoms with Crippen LogP contribution in [0.1, 0.15) is 74.1 Å². The van der Waals surface area contributed by atoms with Gasteiger partial charge < -0.3 is 0 Å². The minimum Gasteiger partial charge on any atom is -0.225 e. The summed E-state index contributed by atoms with van der Waals surface area (Å²) in [6.07, 6.45) is 22.5. The SMILES string of the molecule is C(/C=C/n1nnc2c1CCCCCC2)=C\n1nnc2c1CCCCCC2. The molecule has 6 heteroatoms. The molecule has 0 saturated carbocycles. The van der Waals surface area contributed by atoms with Crippen molar-refractivity contribution in [3.63, 3.8) is 0 Å². The van der Waals surface area contributed by atoms with E-state index in [0.29, 0.717) is 0 Å². The summed E-state index contributed by atoms with van der Waals surface area (Å²) in [7, 11) is 0. The molecule has 2 aromatic rings. The zero-order valence-corrected chi connectivity index (χ0v) is 15.5. The summed E-state index contributed by atoms with van der Waals surface area (Å²) >= 11 is 0. The van der Waals surface area contributed by atoms with Crippen molar-refractivity contribution in [2.24, 2.45) is 0 Å². The van der Waals surface area contributed by atoms with Gasteiger partial charge in [-0.15, -0.1) is 10.2 Å². The molecule has 0 aliphatic heterocycles. The lowest BCUT2D eigenvalue weighted by Crippen LogP contribution is -2.03. The Bertz CT molecular complexity index is 716. The van der Waals surface area contributed by atoms with Crippen LogP contribution in [-0.4, -0.2) is 30.0 Å². The van der Waals surface area contributed by atoms with Crippen LogP contribution in [0.3, 0.4) is 0 Å². The maximum absolute atomic E-state index is 4.37. The van der Waals surface area contributed by atoms with Crippen molar-refractivity contribution in [1.29, 1.82) is 0 Å². The molecule has 4 rings (SSSR count). The summed E-state index contributed by atoms with van der Waals surface area (Å²) in [5.74, 6) is 0. The van der Waals surface area contributed by atoms with Crippen LogP contribution >= 0.6 is 0 Å². The monoisotopic (exact) mass is 352 g/mol. The van der Waals surface area contributed by atoms with Gasteiger partial charge in [0.2, 0.25) is 0 Å². The first-order valence-electron chi connectivity index (χ1n) is 10.1. The number of aromatic nitrogens is 6. The van der Waals surface area contributed by atoms with Gasteiger partial charge in [-0.3, -0.25) is 0 Å². The van der Waals surface area contributed by atoms with Gasteiger partial charge in [0, 0.05) is 12.4 Å². The highest BCUT2D eigenvalue weighted by molar-refractivity contribution is 5.37. The zero-order chi connectivity index (χ0) is 17.6. The maximum Gasteiger partial charge on any atom is 0.0863 e. The van der Waals surface area contributed by atoms with Gasteiger partial charge in [0.1, 0.15) is 0 Å². The van der Waals surface area contributed by atoms with Crippen LogP contribution in [0.15, 0.2) is 12.2 Å². The van der Waals surface area contributed by atoms with Crippen molar-refractivity contribution in [1.82, 2.24) is 30.0 Å². The Morgan fingerprint density at radius 1 is 0.538 bits per heavy atom. The fourth-order valence-electron chi connectivity index (χ4n) is 3.98. The van der Waals surface area contributed by atoms with Gasteiger partial charge in [0.05, 0.1) is 22.8 Å². The van der Waals surface area contributed by atoms with Gasteiger partial charge in [-0.05, 0) is 63.5 Å². The Hall–Kier alpha value is -2.24. The van der Waals surface area contributed by atoms with Crippen LogP contribution in [-0.2, 0) is 25.7 Å². The van der Waals surface area contributed by atoms with Crippen molar-refractivity contribution in [2.75, 3.05) is 0 Å². The van der Waals surface area contributed by atoms with Crippen LogP contribution in [0.25, 0.3) is 12.4 Å². The van der Waals surface area contributed by atoms with Gasteiger partial charge in [0.15, 0.2) is 0 Å². The number of hydrogen-bond acceptors (Lipinski definition) is 4. The molecule has 26 heavy (non-hydrogen) atoms. The van der Waals surface area contributed by atoms with E-state index >= 15 is 0 Å². The van der Waals surface area contributed by atoms with Crippen molar-refractivity contribution >= 4 is 12.4 Å². The quantitative estimate of drug-likeness (QED) is 0.788. The van der Waals surface area contributed by atoms with Crippen LogP contribution in [0, 0.1) is 0 Å². The highest BCUT2D eigenvalue weighted by atomic mass is 15.4. The standard InChI is InChI=1S/C20H28N6/c1-3-7-13-19-17(11-5-1)21-23-25(19)15-9-10-16-26-20-14-8-4-2-6-12-18(20)22-24-26/h9-10,15-16H,1-8,11-14H2/b15-9+,16-10+. The van der Waals surface area contributed by atoms with E-state index in [2.05, 4.69) is 20.6 Å². The Kier molecular flexibility index (Phi) is 5.57. The zero-order valence-electron chi connectivity index (χ0n) is 15.5. The van der Waals surface area contributed by atoms with Gasteiger partial charge in [-0.1, -0.05) is 36.1 Å². The molecule has 0 radical (unpaired) electrons. The molecule has 0 atom stereocenters. The molecule has 0 aromatic carbocycles. The summed E-state index contributed by atoms with van der Waals surface area (Å²) in [4.78, 5) is 0. The lowest BCUT2D eigenvalue weighted by Gasteiger charge is -2.09. The minimum absolute atomic E-state index is 1.06. The van der Waals surface area contributed by atoms with E-state index in [4.69, 9.17) is 0 Å². The average Bonchev–Trinajstić information content (AvgIpc) is 3.14. The van der Waals surface area contributed by atoms with Crippen LogP contribution < -0.4 is 0 Å². The molecular weight excluding hydrogens is 324 g/mol. The normalized spacial score (nSPS) is 18.9. The van der Waals surface area contributed by atoms with Gasteiger partial charge in [0.25, 0.3) is 0 Å². The molecule has 0 unspecified atom stereocenters. The molecule has 2 aromatic heterocycles. The van der Waals surface area contributed by atoms with E-state index in [0.717, 1.165) is 25.7 Å². The predicted octanol–water partition coefficient (Wildman–Crippen LogP) is 3.83. The van der Waals surface area contributed by atoms with E-state index in [-0.39, 0.29) is 0 Å². The summed E-state index contributed by atoms with van der Waals surface area (Å²) in [5, 5.41) is 17.4. The first-order chi connectivity index (χ1) is 12.9. The molecule has 0 fully saturated rings. The van der Waals surface area contributed by atoms with Crippen molar-refractivity contribution in [3.8, 4) is 0 Å². The third-order valence-electron chi connectivity index (χ3n) is 5.46. The van der Waals surface area contributed by atoms with E-state index < -0.39 is 0 Å². The second-order valence-corrected chi connectivity index (χ2v) is 7.37. The Morgan fingerprint density at radius 3 is 1.42 bits per heavy atom. The third-order valence-corrected chi connectivity index (χ3v) is 5.46. The Labute approximate surface area is 155 Å². The lowest BCUT2D eigenvalue weighted by atomic mass is 10.0. The summed E-state index contributed by atoms with van der Waals surface area (Å²) < 4.78 is 3.88. The van der Waals surface area contributed by atoms with E-state index in [9.17, 15) is 0 Å². The highest BCUT2D eigenvalue weighted by Gasteiger charge is 2.14. The molecule has 0 amide bonds. The summed E-state index contributed by atoms with van der Waals surface area (Å²) in [6.45, 7) is 0. The first-order valence-corrected chi connectivity index (χ1v) is 10.1. The number of aryl methyl sites for hydroxylation is 2. The molecule has 2 heterocycles. The van der Waals surface area contributed by atoms with Gasteiger partial charge in [-0.25, -0.2) is 9.36 Å². The van der Waals surface area contributed by atoms with Crippen LogP contribution in [0.5, 0.6) is 0 Å². The number of rotatable bonds is 3. The minimum atomic E-state index is 1.06. The van der Waals surface area contributed by atoms with E-state index in [1.807, 2.05) is 33.9 Å². The molecule has 0 N–H and O–H groups in total. The fraction of sp³-hybridized carbons (Fsp3) is 0.600. The Balaban J connectivity index is 1.46. The van der Waals surface area contributed by atoms with Crippen LogP contribution in [0.4, 0.5) is 0 Å². The predicted molar refractivity (Wildman–Crippen MR) is 102 cm³/mol. The summed E-state index contributed by atoms with van der Waals surface area (Å²) in [5.41, 5.74) is 4.91. The second-order valence-electron chi connectivity index (χ2n) is 7.37. The van der Waals surface area contributed by atoms with Crippen molar-refractivity contribution < 1.29 is 0 Å². The number of nitrogens with zero attached hydrogens (tertiary/aromatic N) is 6.